The Labute approximate surface area is 183 Å². The van der Waals surface area contributed by atoms with Gasteiger partial charge in [-0.2, -0.15) is 5.10 Å². The molecule has 0 bridgehead atoms. The number of aliphatic imine (C=N–C) groups is 1. The van der Waals surface area contributed by atoms with E-state index in [1.165, 1.54) is 17.7 Å². The van der Waals surface area contributed by atoms with Crippen LogP contribution in [0.25, 0.3) is 0 Å². The number of rotatable bonds is 7. The minimum atomic E-state index is -0.565. The van der Waals surface area contributed by atoms with E-state index in [0.29, 0.717) is 24.5 Å². The van der Waals surface area contributed by atoms with Gasteiger partial charge in [-0.05, 0) is 57.7 Å². The summed E-state index contributed by atoms with van der Waals surface area (Å²) in [5.74, 6) is -0.407. The first-order valence-electron chi connectivity index (χ1n) is 9.29. The van der Waals surface area contributed by atoms with Crippen LogP contribution in [-0.2, 0) is 19.9 Å². The quantitative estimate of drug-likeness (QED) is 0.343. The third kappa shape index (κ3) is 6.72. The third-order valence-corrected chi connectivity index (χ3v) is 4.56. The second-order valence-corrected chi connectivity index (χ2v) is 6.77. The van der Waals surface area contributed by atoms with Gasteiger partial charge in [0.15, 0.2) is 5.96 Å². The molecule has 2 N–H and O–H groups in total. The molecule has 8 heteroatoms. The lowest BCUT2D eigenvalue weighted by atomic mass is 10.1. The molecule has 2 rings (SSSR count). The molecule has 0 amide bonds. The van der Waals surface area contributed by atoms with Crippen LogP contribution in [0.15, 0.2) is 23.2 Å². The van der Waals surface area contributed by atoms with Crippen LogP contribution in [0.4, 0.5) is 8.78 Å². The lowest BCUT2D eigenvalue weighted by molar-refractivity contribution is 0.571. The molecule has 0 aliphatic heterocycles. The molecule has 0 aliphatic rings. The molecule has 0 aliphatic carbocycles. The van der Waals surface area contributed by atoms with Gasteiger partial charge in [0.05, 0.1) is 5.69 Å². The monoisotopic (exact) mass is 505 g/mol. The lowest BCUT2D eigenvalue weighted by Crippen LogP contribution is -2.43. The predicted molar refractivity (Wildman–Crippen MR) is 120 cm³/mol. The van der Waals surface area contributed by atoms with E-state index in [4.69, 9.17) is 0 Å². The van der Waals surface area contributed by atoms with Gasteiger partial charge >= 0.3 is 0 Å². The van der Waals surface area contributed by atoms with Crippen molar-refractivity contribution in [3.05, 3.63) is 52.3 Å². The number of hydrogen-bond donors (Lipinski definition) is 2. The second kappa shape index (κ2) is 11.3. The number of aryl methyl sites for hydroxylation is 2. The van der Waals surface area contributed by atoms with Gasteiger partial charge in [-0.25, -0.2) is 8.78 Å². The minimum Gasteiger partial charge on any atom is -0.357 e. The van der Waals surface area contributed by atoms with Crippen molar-refractivity contribution in [2.24, 2.45) is 12.0 Å². The summed E-state index contributed by atoms with van der Waals surface area (Å²) >= 11 is 0. The first-order valence-corrected chi connectivity index (χ1v) is 9.29. The van der Waals surface area contributed by atoms with E-state index < -0.39 is 11.6 Å². The van der Waals surface area contributed by atoms with Crippen LogP contribution in [-0.4, -0.2) is 34.9 Å². The molecule has 0 saturated carbocycles. The van der Waals surface area contributed by atoms with E-state index >= 15 is 0 Å². The number of nitrogens with zero attached hydrogens (tertiary/aromatic N) is 3. The SMILES string of the molecule is CCNC(=NCCc1ccc(F)cc1F)NC(C)Cc1c(C)nn(C)c1C.I. The number of benzene rings is 1. The average molecular weight is 505 g/mol. The Morgan fingerprint density at radius 2 is 2.00 bits per heavy atom. The van der Waals surface area contributed by atoms with Crippen molar-refractivity contribution in [3.63, 3.8) is 0 Å². The van der Waals surface area contributed by atoms with Crippen molar-refractivity contribution in [1.29, 1.82) is 0 Å². The molecule has 2 aromatic rings. The van der Waals surface area contributed by atoms with Crippen LogP contribution in [0.2, 0.25) is 0 Å². The molecule has 1 aromatic carbocycles. The van der Waals surface area contributed by atoms with Crippen molar-refractivity contribution in [2.45, 2.75) is 46.6 Å². The summed E-state index contributed by atoms with van der Waals surface area (Å²) in [6.45, 7) is 9.32. The van der Waals surface area contributed by atoms with Crippen molar-refractivity contribution >= 4 is 29.9 Å². The van der Waals surface area contributed by atoms with Crippen LogP contribution in [0, 0.1) is 25.5 Å². The van der Waals surface area contributed by atoms with E-state index in [9.17, 15) is 8.78 Å². The number of halogens is 3. The van der Waals surface area contributed by atoms with Crippen molar-refractivity contribution < 1.29 is 8.78 Å². The topological polar surface area (TPSA) is 54.2 Å². The van der Waals surface area contributed by atoms with E-state index in [1.807, 2.05) is 25.6 Å². The van der Waals surface area contributed by atoms with Gasteiger partial charge in [0.1, 0.15) is 11.6 Å². The van der Waals surface area contributed by atoms with Crippen LogP contribution < -0.4 is 10.6 Å². The summed E-state index contributed by atoms with van der Waals surface area (Å²) in [7, 11) is 1.95. The molecular formula is C20H30F2IN5. The van der Waals surface area contributed by atoms with Gasteiger partial charge in [-0.3, -0.25) is 9.67 Å². The summed E-state index contributed by atoms with van der Waals surface area (Å²) in [5.41, 5.74) is 3.90. The van der Waals surface area contributed by atoms with Crippen LogP contribution in [0.3, 0.4) is 0 Å². The number of guanidine groups is 1. The molecule has 156 valence electrons. The zero-order chi connectivity index (χ0) is 20.0. The Morgan fingerprint density at radius 1 is 1.29 bits per heavy atom. The Balaban J connectivity index is 0.00000392. The molecule has 1 atom stereocenters. The molecule has 0 spiro atoms. The maximum atomic E-state index is 13.7. The maximum Gasteiger partial charge on any atom is 0.191 e. The van der Waals surface area contributed by atoms with E-state index in [2.05, 4.69) is 34.6 Å². The minimum absolute atomic E-state index is 0. The fourth-order valence-electron chi connectivity index (χ4n) is 3.04. The Bertz CT molecular complexity index is 804. The van der Waals surface area contributed by atoms with Gasteiger partial charge in [-0.1, -0.05) is 6.07 Å². The Hall–Kier alpha value is -1.71. The highest BCUT2D eigenvalue weighted by Crippen LogP contribution is 2.14. The summed E-state index contributed by atoms with van der Waals surface area (Å²) in [6.07, 6.45) is 1.25. The highest BCUT2D eigenvalue weighted by atomic mass is 127. The van der Waals surface area contributed by atoms with E-state index in [1.54, 1.807) is 0 Å². The van der Waals surface area contributed by atoms with Crippen LogP contribution in [0.1, 0.15) is 36.4 Å². The Morgan fingerprint density at radius 3 is 2.57 bits per heavy atom. The van der Waals surface area contributed by atoms with Crippen molar-refractivity contribution in [3.8, 4) is 0 Å². The van der Waals surface area contributed by atoms with Crippen molar-refractivity contribution in [1.82, 2.24) is 20.4 Å². The molecule has 1 heterocycles. The lowest BCUT2D eigenvalue weighted by Gasteiger charge is -2.18. The highest BCUT2D eigenvalue weighted by Gasteiger charge is 2.14. The predicted octanol–water partition coefficient (Wildman–Crippen LogP) is 3.66. The van der Waals surface area contributed by atoms with Gasteiger partial charge in [0.25, 0.3) is 0 Å². The molecule has 1 unspecified atom stereocenters. The van der Waals surface area contributed by atoms with Gasteiger partial charge in [-0.15, -0.1) is 24.0 Å². The van der Waals surface area contributed by atoms with Crippen molar-refractivity contribution in [2.75, 3.05) is 13.1 Å². The van der Waals surface area contributed by atoms with Crippen LogP contribution in [0.5, 0.6) is 0 Å². The normalized spacial score (nSPS) is 12.5. The molecule has 5 nitrogen and oxygen atoms in total. The average Bonchev–Trinajstić information content (AvgIpc) is 2.83. The third-order valence-electron chi connectivity index (χ3n) is 4.56. The molecule has 1 aromatic heterocycles. The second-order valence-electron chi connectivity index (χ2n) is 6.77. The molecule has 0 fully saturated rings. The van der Waals surface area contributed by atoms with Crippen LogP contribution >= 0.6 is 24.0 Å². The maximum absolute atomic E-state index is 13.7. The van der Waals surface area contributed by atoms with Gasteiger partial charge in [0, 0.05) is 37.9 Å². The van der Waals surface area contributed by atoms with Gasteiger partial charge < -0.3 is 10.6 Å². The smallest absolute Gasteiger partial charge is 0.191 e. The fourth-order valence-corrected chi connectivity index (χ4v) is 3.04. The molecule has 0 radical (unpaired) electrons. The number of nitrogens with one attached hydrogen (secondary N) is 2. The molecular weight excluding hydrogens is 475 g/mol. The largest absolute Gasteiger partial charge is 0.357 e. The first-order chi connectivity index (χ1) is 12.8. The molecule has 28 heavy (non-hydrogen) atoms. The summed E-state index contributed by atoms with van der Waals surface area (Å²) in [4.78, 5) is 4.52. The summed E-state index contributed by atoms with van der Waals surface area (Å²) in [6, 6.07) is 3.80. The standard InChI is InChI=1S/C20H29F2N5.HI/c1-6-23-20(24-10-9-16-7-8-17(21)12-19(16)22)25-13(2)11-18-14(3)26-27(5)15(18)4;/h7-8,12-13H,6,9-11H2,1-5H3,(H2,23,24,25);1H. The first kappa shape index (κ1) is 24.3. The van der Waals surface area contributed by atoms with E-state index in [-0.39, 0.29) is 30.0 Å². The van der Waals surface area contributed by atoms with Gasteiger partial charge in [0.2, 0.25) is 0 Å². The number of aromatic nitrogens is 2. The highest BCUT2D eigenvalue weighted by molar-refractivity contribution is 14.0. The number of hydrogen-bond acceptors (Lipinski definition) is 2. The fraction of sp³-hybridized carbons (Fsp3) is 0.500. The zero-order valence-electron chi connectivity index (χ0n) is 17.1. The van der Waals surface area contributed by atoms with E-state index in [0.717, 1.165) is 30.4 Å². The summed E-state index contributed by atoms with van der Waals surface area (Å²) < 4.78 is 28.6. The Kier molecular flexibility index (Phi) is 9.84. The summed E-state index contributed by atoms with van der Waals surface area (Å²) in [5, 5.41) is 11.1. The zero-order valence-corrected chi connectivity index (χ0v) is 19.5. The molecule has 0 saturated heterocycles.